The van der Waals surface area contributed by atoms with Crippen LogP contribution in [0.25, 0.3) is 0 Å². The van der Waals surface area contributed by atoms with E-state index in [0.717, 1.165) is 24.6 Å². The molecule has 0 unspecified atom stereocenters. The van der Waals surface area contributed by atoms with Gasteiger partial charge in [-0.2, -0.15) is 0 Å². The number of hydrogen-bond donors (Lipinski definition) is 1. The average molecular weight is 280 g/mol. The van der Waals surface area contributed by atoms with E-state index in [1.54, 1.807) is 0 Å². The number of carboxylic acids is 1. The molecule has 0 aliphatic rings. The lowest BCUT2D eigenvalue weighted by molar-refractivity contribution is -0.148. The van der Waals surface area contributed by atoms with E-state index < -0.39 is 12.0 Å². The standard InChI is InChI=1S/C10H18BrNO3/c1-8(10(14)15)12(2)9(13)6-4-3-5-7-11/h8H,3-7H2,1-2H3,(H,14,15)/t8-/m0/s1. The Morgan fingerprint density at radius 2 is 1.93 bits per heavy atom. The van der Waals surface area contributed by atoms with Crippen LogP contribution in [0.4, 0.5) is 0 Å². The molecule has 0 bridgehead atoms. The molecular weight excluding hydrogens is 262 g/mol. The number of likely N-dealkylation sites (N-methyl/N-ethyl adjacent to an activating group) is 1. The molecule has 0 spiro atoms. The van der Waals surface area contributed by atoms with Crippen LogP contribution in [0.2, 0.25) is 0 Å². The molecule has 0 radical (unpaired) electrons. The fraction of sp³-hybridized carbons (Fsp3) is 0.800. The summed E-state index contributed by atoms with van der Waals surface area (Å²) in [5.74, 6) is -1.06. The van der Waals surface area contributed by atoms with E-state index >= 15 is 0 Å². The molecular formula is C10H18BrNO3. The number of alkyl halides is 1. The van der Waals surface area contributed by atoms with Crippen molar-refractivity contribution < 1.29 is 14.7 Å². The molecule has 0 saturated heterocycles. The molecule has 0 aliphatic heterocycles. The number of hydrogen-bond acceptors (Lipinski definition) is 2. The first kappa shape index (κ1) is 14.4. The Bertz CT molecular complexity index is 221. The van der Waals surface area contributed by atoms with Gasteiger partial charge in [0.15, 0.2) is 0 Å². The predicted molar refractivity (Wildman–Crippen MR) is 62.1 cm³/mol. The maximum atomic E-state index is 11.5. The van der Waals surface area contributed by atoms with Crippen LogP contribution >= 0.6 is 15.9 Å². The zero-order valence-electron chi connectivity index (χ0n) is 9.20. The summed E-state index contributed by atoms with van der Waals surface area (Å²) in [6.45, 7) is 1.51. The number of unbranched alkanes of at least 4 members (excludes halogenated alkanes) is 2. The van der Waals surface area contributed by atoms with Gasteiger partial charge in [0.2, 0.25) is 5.91 Å². The molecule has 15 heavy (non-hydrogen) atoms. The number of amides is 1. The quantitative estimate of drug-likeness (QED) is 0.572. The van der Waals surface area contributed by atoms with E-state index in [4.69, 9.17) is 5.11 Å². The van der Waals surface area contributed by atoms with Crippen molar-refractivity contribution in [1.82, 2.24) is 4.90 Å². The van der Waals surface area contributed by atoms with Crippen LogP contribution in [-0.4, -0.2) is 40.3 Å². The third-order valence-corrected chi connectivity index (χ3v) is 2.92. The number of aliphatic carboxylic acids is 1. The van der Waals surface area contributed by atoms with E-state index in [2.05, 4.69) is 15.9 Å². The number of rotatable bonds is 7. The molecule has 0 aliphatic carbocycles. The van der Waals surface area contributed by atoms with Gasteiger partial charge in [0.25, 0.3) is 0 Å². The molecule has 88 valence electrons. The third kappa shape index (κ3) is 5.77. The largest absolute Gasteiger partial charge is 0.480 e. The molecule has 0 saturated carbocycles. The van der Waals surface area contributed by atoms with Crippen LogP contribution in [0.3, 0.4) is 0 Å². The van der Waals surface area contributed by atoms with Crippen LogP contribution in [0.1, 0.15) is 32.6 Å². The first-order valence-electron chi connectivity index (χ1n) is 5.05. The van der Waals surface area contributed by atoms with Crippen LogP contribution in [-0.2, 0) is 9.59 Å². The topological polar surface area (TPSA) is 57.6 Å². The molecule has 0 heterocycles. The minimum Gasteiger partial charge on any atom is -0.480 e. The molecule has 0 rings (SSSR count). The van der Waals surface area contributed by atoms with E-state index in [0.29, 0.717) is 6.42 Å². The second-order valence-corrected chi connectivity index (χ2v) is 4.31. The first-order chi connectivity index (χ1) is 7.00. The highest BCUT2D eigenvalue weighted by atomic mass is 79.9. The Labute approximate surface area is 98.8 Å². The highest BCUT2D eigenvalue weighted by Gasteiger charge is 2.20. The SMILES string of the molecule is C[C@@H](C(=O)O)N(C)C(=O)CCCCCBr. The monoisotopic (exact) mass is 279 g/mol. The molecule has 0 aromatic rings. The zero-order valence-corrected chi connectivity index (χ0v) is 10.8. The van der Waals surface area contributed by atoms with Gasteiger partial charge in [-0.3, -0.25) is 4.79 Å². The van der Waals surface area contributed by atoms with Gasteiger partial charge in [0.1, 0.15) is 6.04 Å². The minimum atomic E-state index is -0.966. The minimum absolute atomic E-state index is 0.0977. The van der Waals surface area contributed by atoms with Crippen LogP contribution in [0.15, 0.2) is 0 Å². The summed E-state index contributed by atoms with van der Waals surface area (Å²) >= 11 is 3.31. The van der Waals surface area contributed by atoms with Crippen molar-refractivity contribution in [1.29, 1.82) is 0 Å². The molecule has 0 aromatic heterocycles. The second-order valence-electron chi connectivity index (χ2n) is 3.52. The molecule has 4 nitrogen and oxygen atoms in total. The van der Waals surface area contributed by atoms with Gasteiger partial charge in [0.05, 0.1) is 0 Å². The first-order valence-corrected chi connectivity index (χ1v) is 6.17. The van der Waals surface area contributed by atoms with Crippen molar-refractivity contribution in [3.8, 4) is 0 Å². The lowest BCUT2D eigenvalue weighted by Crippen LogP contribution is -2.40. The van der Waals surface area contributed by atoms with Crippen LogP contribution in [0.5, 0.6) is 0 Å². The van der Waals surface area contributed by atoms with E-state index in [1.807, 2.05) is 0 Å². The average Bonchev–Trinajstić information content (AvgIpc) is 2.21. The number of nitrogens with zero attached hydrogens (tertiary/aromatic N) is 1. The molecule has 0 aromatic carbocycles. The van der Waals surface area contributed by atoms with Crippen LogP contribution in [0, 0.1) is 0 Å². The Hall–Kier alpha value is -0.580. The summed E-state index contributed by atoms with van der Waals surface area (Å²) in [6.07, 6.45) is 3.29. The normalized spacial score (nSPS) is 12.2. The van der Waals surface area contributed by atoms with Crippen molar-refractivity contribution in [2.24, 2.45) is 0 Å². The zero-order chi connectivity index (χ0) is 11.8. The Morgan fingerprint density at radius 3 is 2.40 bits per heavy atom. The van der Waals surface area contributed by atoms with Crippen molar-refractivity contribution in [2.75, 3.05) is 12.4 Å². The fourth-order valence-electron chi connectivity index (χ4n) is 1.11. The van der Waals surface area contributed by atoms with Crippen molar-refractivity contribution >= 4 is 27.8 Å². The molecule has 1 atom stereocenters. The fourth-order valence-corrected chi connectivity index (χ4v) is 1.50. The second kappa shape index (κ2) is 7.68. The smallest absolute Gasteiger partial charge is 0.326 e. The van der Waals surface area contributed by atoms with Gasteiger partial charge in [-0.25, -0.2) is 4.79 Å². The number of carboxylic acid groups (broad SMARTS) is 1. The Balaban J connectivity index is 3.84. The lowest BCUT2D eigenvalue weighted by Gasteiger charge is -2.21. The summed E-state index contributed by atoms with van der Waals surface area (Å²) in [5, 5.41) is 9.66. The lowest BCUT2D eigenvalue weighted by atomic mass is 10.2. The molecule has 5 heteroatoms. The van der Waals surface area contributed by atoms with E-state index in [-0.39, 0.29) is 5.91 Å². The Morgan fingerprint density at radius 1 is 1.33 bits per heavy atom. The van der Waals surface area contributed by atoms with Gasteiger partial charge < -0.3 is 10.0 Å². The maximum Gasteiger partial charge on any atom is 0.326 e. The third-order valence-electron chi connectivity index (χ3n) is 2.36. The van der Waals surface area contributed by atoms with Gasteiger partial charge in [0, 0.05) is 18.8 Å². The van der Waals surface area contributed by atoms with Gasteiger partial charge in [-0.1, -0.05) is 22.4 Å². The highest BCUT2D eigenvalue weighted by molar-refractivity contribution is 9.09. The van der Waals surface area contributed by atoms with Gasteiger partial charge in [-0.05, 0) is 19.8 Å². The predicted octanol–water partition coefficient (Wildman–Crippen LogP) is 1.87. The summed E-state index contributed by atoms with van der Waals surface area (Å²) in [6, 6.07) is -0.742. The van der Waals surface area contributed by atoms with Crippen molar-refractivity contribution in [3.05, 3.63) is 0 Å². The number of carbonyl (C=O) groups excluding carboxylic acids is 1. The van der Waals surface area contributed by atoms with Crippen molar-refractivity contribution in [3.63, 3.8) is 0 Å². The van der Waals surface area contributed by atoms with Gasteiger partial charge >= 0.3 is 5.97 Å². The van der Waals surface area contributed by atoms with Gasteiger partial charge in [-0.15, -0.1) is 0 Å². The maximum absolute atomic E-state index is 11.5. The summed E-state index contributed by atoms with van der Waals surface area (Å²) in [4.78, 5) is 23.4. The molecule has 1 N–H and O–H groups in total. The van der Waals surface area contributed by atoms with E-state index in [1.165, 1.54) is 18.9 Å². The Kier molecular flexibility index (Phi) is 7.38. The van der Waals surface area contributed by atoms with Crippen LogP contribution < -0.4 is 0 Å². The summed E-state index contributed by atoms with van der Waals surface area (Å²) < 4.78 is 0. The summed E-state index contributed by atoms with van der Waals surface area (Å²) in [7, 11) is 1.53. The highest BCUT2D eigenvalue weighted by Crippen LogP contribution is 2.06. The molecule has 1 amide bonds. The van der Waals surface area contributed by atoms with Crippen molar-refractivity contribution in [2.45, 2.75) is 38.6 Å². The summed E-state index contributed by atoms with van der Waals surface area (Å²) in [5.41, 5.74) is 0. The number of halogens is 1. The molecule has 0 fully saturated rings. The van der Waals surface area contributed by atoms with E-state index in [9.17, 15) is 9.59 Å². The number of carbonyl (C=O) groups is 2.